The number of hydrogen-bond acceptors (Lipinski definition) is 4. The number of hydrogen-bond donors (Lipinski definition) is 0. The second kappa shape index (κ2) is 14.2. The van der Waals surface area contributed by atoms with Gasteiger partial charge in [0.15, 0.2) is 0 Å². The van der Waals surface area contributed by atoms with Gasteiger partial charge < -0.3 is 9.80 Å². The molecule has 296 valence electrons. The second-order valence-electron chi connectivity index (χ2n) is 16.6. The molecule has 6 nitrogen and oxygen atoms in total. The Balaban J connectivity index is 1.12. The van der Waals surface area contributed by atoms with Gasteiger partial charge in [0, 0.05) is 64.1 Å². The molecule has 7 heteroatoms. The highest BCUT2D eigenvalue weighted by Gasteiger charge is 2.43. The number of pyridine rings is 1. The summed E-state index contributed by atoms with van der Waals surface area (Å²) in [6, 6.07) is 74.7. The van der Waals surface area contributed by atoms with Crippen LogP contribution in [0.2, 0.25) is 0 Å². The van der Waals surface area contributed by atoms with Gasteiger partial charge in [0.25, 0.3) is 6.71 Å². The molecule has 11 aromatic rings. The van der Waals surface area contributed by atoms with Crippen molar-refractivity contribution in [3.8, 4) is 22.9 Å². The predicted octanol–water partition coefficient (Wildman–Crippen LogP) is 11.0. The minimum absolute atomic E-state index is 0.0747. The maximum atomic E-state index is 5.37. The monoisotopic (exact) mass is 806 g/mol. The summed E-state index contributed by atoms with van der Waals surface area (Å²) in [5.41, 5.74) is 17.7. The Morgan fingerprint density at radius 1 is 0.429 bits per heavy atom. The maximum absolute atomic E-state index is 5.37. The van der Waals surface area contributed by atoms with Crippen LogP contribution < -0.4 is 26.2 Å². The first-order valence-electron chi connectivity index (χ1n) is 21.7. The summed E-state index contributed by atoms with van der Waals surface area (Å²) in [7, 11) is 0. The summed E-state index contributed by atoms with van der Waals surface area (Å²) in [6.45, 7) is 1.39. The van der Waals surface area contributed by atoms with E-state index >= 15 is 0 Å². The minimum atomic E-state index is -0.0747. The molecular weight excluding hydrogens is 767 g/mol. The predicted molar refractivity (Wildman–Crippen MR) is 261 cm³/mol. The first-order valence-corrected chi connectivity index (χ1v) is 21.7. The number of imidazole rings is 1. The van der Waals surface area contributed by atoms with Gasteiger partial charge in [-0.15, -0.1) is 0 Å². The fourth-order valence-electron chi connectivity index (χ4n) is 10.4. The van der Waals surface area contributed by atoms with Crippen molar-refractivity contribution in [2.45, 2.75) is 13.1 Å². The summed E-state index contributed by atoms with van der Waals surface area (Å²) < 4.78 is 4.66. The molecule has 13 rings (SSSR count). The SMILES string of the molecule is c1ccc(CN2c3ccc(-c4nc5ccccc5n4-c4ccccc4)cc3B3c4cc5c(cc4N(Cc4ccccc4)c4cccc2c43)c2ccccc2n5-c2ccccn2)cc1. The van der Waals surface area contributed by atoms with Gasteiger partial charge in [0.2, 0.25) is 0 Å². The molecule has 0 spiro atoms. The Bertz CT molecular complexity index is 3530. The van der Waals surface area contributed by atoms with Crippen LogP contribution in [0.3, 0.4) is 0 Å². The Labute approximate surface area is 365 Å². The molecule has 2 aliphatic heterocycles. The zero-order valence-corrected chi connectivity index (χ0v) is 34.4. The molecule has 0 amide bonds. The largest absolute Gasteiger partial charge is 0.338 e. The van der Waals surface area contributed by atoms with Crippen molar-refractivity contribution in [1.29, 1.82) is 0 Å². The lowest BCUT2D eigenvalue weighted by atomic mass is 9.33. The molecule has 0 unspecified atom stereocenters. The molecule has 0 bridgehead atoms. The van der Waals surface area contributed by atoms with Gasteiger partial charge in [-0.05, 0) is 106 Å². The van der Waals surface area contributed by atoms with E-state index in [0.29, 0.717) is 0 Å². The number of fused-ring (bicyclic) bond motifs is 8. The molecule has 0 saturated heterocycles. The van der Waals surface area contributed by atoms with Gasteiger partial charge in [-0.25, -0.2) is 9.97 Å². The van der Waals surface area contributed by atoms with Crippen LogP contribution in [0.5, 0.6) is 0 Å². The van der Waals surface area contributed by atoms with Crippen LogP contribution >= 0.6 is 0 Å². The van der Waals surface area contributed by atoms with Crippen molar-refractivity contribution < 1.29 is 0 Å². The molecule has 0 radical (unpaired) electrons. The molecule has 8 aromatic carbocycles. The lowest BCUT2D eigenvalue weighted by Crippen LogP contribution is -2.62. The number of anilines is 4. The standard InChI is InChI=1S/C56H39BN6/c1-4-17-38(18-5-1)36-60-48-31-30-40(56-59-46-24-11-13-26-49(46)62(56)41-21-8-3-9-22-41)33-44(48)57-45-35-52-43(42-23-10-12-25-47(42)63(52)54-29-14-15-32-58-54)34-53(45)61(37-39-19-6-2-7-20-39)51-28-16-27-50(60)55(51)57/h1-35H,36-37H2. The molecule has 3 aromatic heterocycles. The topological polar surface area (TPSA) is 42.1 Å². The van der Waals surface area contributed by atoms with E-state index in [1.54, 1.807) is 0 Å². The van der Waals surface area contributed by atoms with Gasteiger partial charge in [0.1, 0.15) is 11.6 Å². The molecule has 5 heterocycles. The Morgan fingerprint density at radius 2 is 1.06 bits per heavy atom. The Hall–Kier alpha value is -8.16. The number of aromatic nitrogens is 4. The summed E-state index contributed by atoms with van der Waals surface area (Å²) >= 11 is 0. The van der Waals surface area contributed by atoms with E-state index < -0.39 is 0 Å². The van der Waals surface area contributed by atoms with Crippen molar-refractivity contribution in [3.63, 3.8) is 0 Å². The Morgan fingerprint density at radius 3 is 1.79 bits per heavy atom. The smallest absolute Gasteiger partial charge is 0.252 e. The van der Waals surface area contributed by atoms with Crippen molar-refractivity contribution in [1.82, 2.24) is 19.1 Å². The highest BCUT2D eigenvalue weighted by atomic mass is 15.2. The fraction of sp³-hybridized carbons (Fsp3) is 0.0357. The van der Waals surface area contributed by atoms with Crippen LogP contribution in [0.15, 0.2) is 212 Å². The molecule has 0 fully saturated rings. The molecular formula is C56H39BN6. The van der Waals surface area contributed by atoms with Crippen LogP contribution in [0.4, 0.5) is 22.7 Å². The first kappa shape index (κ1) is 35.6. The number of para-hydroxylation sites is 4. The van der Waals surface area contributed by atoms with Crippen molar-refractivity contribution in [2.75, 3.05) is 9.80 Å². The van der Waals surface area contributed by atoms with E-state index in [1.165, 1.54) is 61.0 Å². The quantitative estimate of drug-likeness (QED) is 0.151. The van der Waals surface area contributed by atoms with Gasteiger partial charge in [0.05, 0.1) is 22.1 Å². The highest BCUT2D eigenvalue weighted by Crippen LogP contribution is 2.42. The first-order chi connectivity index (χ1) is 31.3. The lowest BCUT2D eigenvalue weighted by Gasteiger charge is -2.44. The Kier molecular flexibility index (Phi) is 8.03. The van der Waals surface area contributed by atoms with E-state index in [9.17, 15) is 0 Å². The number of nitrogens with zero attached hydrogens (tertiary/aromatic N) is 6. The summed E-state index contributed by atoms with van der Waals surface area (Å²) in [6.07, 6.45) is 1.89. The zero-order valence-electron chi connectivity index (χ0n) is 34.4. The van der Waals surface area contributed by atoms with Crippen LogP contribution in [-0.2, 0) is 13.1 Å². The normalized spacial score (nSPS) is 12.8. The fourth-order valence-corrected chi connectivity index (χ4v) is 10.4. The molecule has 0 saturated carbocycles. The van der Waals surface area contributed by atoms with Crippen LogP contribution in [0.25, 0.3) is 55.7 Å². The third-order valence-electron chi connectivity index (χ3n) is 13.1. The van der Waals surface area contributed by atoms with E-state index in [2.05, 4.69) is 219 Å². The van der Waals surface area contributed by atoms with Crippen molar-refractivity contribution in [2.24, 2.45) is 0 Å². The molecule has 0 N–H and O–H groups in total. The van der Waals surface area contributed by atoms with Crippen LogP contribution in [-0.4, -0.2) is 25.8 Å². The summed E-state index contributed by atoms with van der Waals surface area (Å²) in [5.74, 6) is 1.83. The molecule has 2 aliphatic rings. The van der Waals surface area contributed by atoms with Crippen molar-refractivity contribution >= 4 is 78.7 Å². The second-order valence-corrected chi connectivity index (χ2v) is 16.6. The third kappa shape index (κ3) is 5.59. The van der Waals surface area contributed by atoms with Crippen molar-refractivity contribution in [3.05, 3.63) is 224 Å². The minimum Gasteiger partial charge on any atom is -0.338 e. The number of benzene rings is 8. The lowest BCUT2D eigenvalue weighted by molar-refractivity contribution is 0.962. The maximum Gasteiger partial charge on any atom is 0.252 e. The highest BCUT2D eigenvalue weighted by molar-refractivity contribution is 7.00. The molecule has 0 aliphatic carbocycles. The van der Waals surface area contributed by atoms with E-state index in [0.717, 1.165) is 58.0 Å². The summed E-state index contributed by atoms with van der Waals surface area (Å²) in [4.78, 5) is 15.4. The van der Waals surface area contributed by atoms with Gasteiger partial charge in [-0.3, -0.25) is 9.13 Å². The third-order valence-corrected chi connectivity index (χ3v) is 13.1. The summed E-state index contributed by atoms with van der Waals surface area (Å²) in [5, 5.41) is 2.42. The van der Waals surface area contributed by atoms with Gasteiger partial charge in [-0.2, -0.15) is 0 Å². The van der Waals surface area contributed by atoms with Gasteiger partial charge >= 0.3 is 0 Å². The number of rotatable bonds is 7. The van der Waals surface area contributed by atoms with Crippen LogP contribution in [0, 0.1) is 0 Å². The average Bonchev–Trinajstić information content (AvgIpc) is 3.90. The van der Waals surface area contributed by atoms with Gasteiger partial charge in [-0.1, -0.05) is 127 Å². The van der Waals surface area contributed by atoms with E-state index in [4.69, 9.17) is 9.97 Å². The molecule has 63 heavy (non-hydrogen) atoms. The van der Waals surface area contributed by atoms with E-state index in [-0.39, 0.29) is 6.71 Å². The zero-order chi connectivity index (χ0) is 41.4. The van der Waals surface area contributed by atoms with Crippen LogP contribution in [0.1, 0.15) is 11.1 Å². The van der Waals surface area contributed by atoms with E-state index in [1.807, 2.05) is 12.3 Å². The average molecular weight is 807 g/mol. The molecule has 0 atom stereocenters.